The Hall–Kier alpha value is -2.93. The SMILES string of the molecule is C=C(C)C(Br)=CC=C(C)CCNC(=O)c1cc2c(n(CC(=O)N3CC(C)(C)C3)c1=O)CCC=CC=C2. The second-order valence-electron chi connectivity index (χ2n) is 10.4. The fourth-order valence-corrected chi connectivity index (χ4v) is 4.47. The minimum atomic E-state index is -0.424. The average molecular weight is 555 g/mol. The molecular formula is C29H36BrN3O3. The van der Waals surface area contributed by atoms with Crippen LogP contribution < -0.4 is 10.9 Å². The maximum absolute atomic E-state index is 13.5. The topological polar surface area (TPSA) is 71.4 Å². The van der Waals surface area contributed by atoms with Gasteiger partial charge in [-0.05, 0) is 61.8 Å². The number of likely N-dealkylation sites (tertiary alicyclic amines) is 1. The summed E-state index contributed by atoms with van der Waals surface area (Å²) < 4.78 is 2.43. The van der Waals surface area contributed by atoms with Crippen LogP contribution in [0.1, 0.15) is 62.2 Å². The largest absolute Gasteiger partial charge is 0.352 e. The third-order valence-electron chi connectivity index (χ3n) is 6.36. The van der Waals surface area contributed by atoms with Gasteiger partial charge in [0.2, 0.25) is 5.91 Å². The Morgan fingerprint density at radius 1 is 1.19 bits per heavy atom. The molecule has 6 nitrogen and oxygen atoms in total. The molecule has 7 heteroatoms. The lowest BCUT2D eigenvalue weighted by atomic mass is 9.84. The summed E-state index contributed by atoms with van der Waals surface area (Å²) in [6.07, 6.45) is 13.7. The Morgan fingerprint density at radius 2 is 1.92 bits per heavy atom. The van der Waals surface area contributed by atoms with E-state index in [2.05, 4.69) is 41.7 Å². The third-order valence-corrected chi connectivity index (χ3v) is 7.30. The van der Waals surface area contributed by atoms with E-state index in [0.29, 0.717) is 32.5 Å². The lowest BCUT2D eigenvalue weighted by Gasteiger charge is -2.46. The number of nitrogens with one attached hydrogen (secondary N) is 1. The van der Waals surface area contributed by atoms with Crippen LogP contribution in [0.15, 0.2) is 63.4 Å². The van der Waals surface area contributed by atoms with Gasteiger partial charge in [-0.3, -0.25) is 14.4 Å². The Morgan fingerprint density at radius 3 is 2.58 bits per heavy atom. The average Bonchev–Trinajstić information content (AvgIpc) is 2.78. The number of allylic oxidation sites excluding steroid dienone is 7. The minimum Gasteiger partial charge on any atom is -0.352 e. The van der Waals surface area contributed by atoms with E-state index in [9.17, 15) is 14.4 Å². The van der Waals surface area contributed by atoms with E-state index in [1.165, 1.54) is 4.57 Å². The van der Waals surface area contributed by atoms with Crippen LogP contribution >= 0.6 is 15.9 Å². The summed E-state index contributed by atoms with van der Waals surface area (Å²) >= 11 is 3.46. The number of aromatic nitrogens is 1. The summed E-state index contributed by atoms with van der Waals surface area (Å²) in [5.74, 6) is -0.515. The van der Waals surface area contributed by atoms with Crippen molar-refractivity contribution in [3.05, 3.63) is 85.8 Å². The molecule has 2 aliphatic rings. The molecule has 1 aliphatic heterocycles. The Balaban J connectivity index is 1.81. The molecule has 2 amide bonds. The van der Waals surface area contributed by atoms with Gasteiger partial charge in [-0.1, -0.05) is 72.3 Å². The number of hydrogen-bond acceptors (Lipinski definition) is 3. The number of halogens is 1. The molecule has 0 radical (unpaired) electrons. The summed E-state index contributed by atoms with van der Waals surface area (Å²) in [6.45, 7) is 13.7. The van der Waals surface area contributed by atoms with Crippen LogP contribution in [-0.4, -0.2) is 40.9 Å². The van der Waals surface area contributed by atoms with Gasteiger partial charge in [-0.15, -0.1) is 0 Å². The van der Waals surface area contributed by atoms with Crippen molar-refractivity contribution in [1.82, 2.24) is 14.8 Å². The number of fused-ring (bicyclic) bond motifs is 1. The molecule has 1 N–H and O–H groups in total. The molecule has 3 rings (SSSR count). The zero-order valence-corrected chi connectivity index (χ0v) is 23.3. The predicted octanol–water partition coefficient (Wildman–Crippen LogP) is 5.15. The predicted molar refractivity (Wildman–Crippen MR) is 150 cm³/mol. The van der Waals surface area contributed by atoms with Crippen molar-refractivity contribution in [3.63, 3.8) is 0 Å². The van der Waals surface area contributed by atoms with E-state index in [-0.39, 0.29) is 23.4 Å². The molecule has 36 heavy (non-hydrogen) atoms. The number of carbonyl (C=O) groups is 2. The van der Waals surface area contributed by atoms with Crippen LogP contribution in [0, 0.1) is 5.41 Å². The zero-order valence-electron chi connectivity index (χ0n) is 21.7. The Kier molecular flexibility index (Phi) is 9.12. The van der Waals surface area contributed by atoms with E-state index in [1.54, 1.807) is 11.0 Å². The molecule has 1 fully saturated rings. The number of hydrogen-bond donors (Lipinski definition) is 1. The van der Waals surface area contributed by atoms with Crippen LogP contribution in [0.5, 0.6) is 0 Å². The number of nitrogens with zero attached hydrogens (tertiary/aromatic N) is 2. The summed E-state index contributed by atoms with van der Waals surface area (Å²) in [4.78, 5) is 41.3. The van der Waals surface area contributed by atoms with E-state index >= 15 is 0 Å². The molecule has 2 heterocycles. The van der Waals surface area contributed by atoms with Crippen molar-refractivity contribution >= 4 is 33.8 Å². The molecule has 1 aliphatic carbocycles. The van der Waals surface area contributed by atoms with Crippen molar-refractivity contribution in [1.29, 1.82) is 0 Å². The third kappa shape index (κ3) is 7.06. The second kappa shape index (κ2) is 11.9. The van der Waals surface area contributed by atoms with E-state index < -0.39 is 11.5 Å². The first-order valence-corrected chi connectivity index (χ1v) is 13.1. The summed E-state index contributed by atoms with van der Waals surface area (Å²) in [6, 6.07) is 1.66. The smallest absolute Gasteiger partial charge is 0.264 e. The van der Waals surface area contributed by atoms with Gasteiger partial charge >= 0.3 is 0 Å². The van der Waals surface area contributed by atoms with Crippen molar-refractivity contribution in [2.75, 3.05) is 19.6 Å². The molecule has 0 atom stereocenters. The highest BCUT2D eigenvalue weighted by Gasteiger charge is 2.37. The molecule has 0 unspecified atom stereocenters. The van der Waals surface area contributed by atoms with Gasteiger partial charge < -0.3 is 14.8 Å². The first kappa shape index (κ1) is 27.7. The fourth-order valence-electron chi connectivity index (χ4n) is 4.34. The highest BCUT2D eigenvalue weighted by molar-refractivity contribution is 9.12. The van der Waals surface area contributed by atoms with Crippen molar-refractivity contribution in [2.24, 2.45) is 5.41 Å². The molecule has 0 bridgehead atoms. The lowest BCUT2D eigenvalue weighted by molar-refractivity contribution is -0.142. The molecule has 1 aromatic heterocycles. The maximum Gasteiger partial charge on any atom is 0.264 e. The summed E-state index contributed by atoms with van der Waals surface area (Å²) in [5.41, 5.74) is 3.35. The highest BCUT2D eigenvalue weighted by atomic mass is 79.9. The number of pyridine rings is 1. The molecule has 0 spiro atoms. The number of rotatable bonds is 8. The summed E-state index contributed by atoms with van der Waals surface area (Å²) in [5, 5.41) is 2.88. The molecule has 0 aromatic carbocycles. The fraction of sp³-hybridized carbons (Fsp3) is 0.414. The van der Waals surface area contributed by atoms with Crippen LogP contribution in [-0.2, 0) is 17.8 Å². The van der Waals surface area contributed by atoms with Crippen molar-refractivity contribution < 1.29 is 9.59 Å². The van der Waals surface area contributed by atoms with Crippen molar-refractivity contribution in [2.45, 2.75) is 53.5 Å². The molecule has 0 saturated carbocycles. The Labute approximate surface area is 222 Å². The van der Waals surface area contributed by atoms with Gasteiger partial charge in [0, 0.05) is 29.8 Å². The van der Waals surface area contributed by atoms with Crippen LogP contribution in [0.3, 0.4) is 0 Å². The van der Waals surface area contributed by atoms with Crippen LogP contribution in [0.4, 0.5) is 0 Å². The normalized spacial score (nSPS) is 17.1. The van der Waals surface area contributed by atoms with Crippen molar-refractivity contribution in [3.8, 4) is 0 Å². The van der Waals surface area contributed by atoms with E-state index in [1.807, 2.05) is 50.3 Å². The zero-order chi connectivity index (χ0) is 26.5. The quantitative estimate of drug-likeness (QED) is 0.452. The van der Waals surface area contributed by atoms with Gasteiger partial charge in [-0.25, -0.2) is 0 Å². The van der Waals surface area contributed by atoms with Gasteiger partial charge in [0.25, 0.3) is 11.5 Å². The van der Waals surface area contributed by atoms with Gasteiger partial charge in [0.15, 0.2) is 0 Å². The van der Waals surface area contributed by atoms with Crippen LogP contribution in [0.2, 0.25) is 0 Å². The molecule has 1 aromatic rings. The standard InChI is InChI=1S/C29H36BrN3O3/c1-20(2)24(30)13-12-21(3)14-15-31-27(35)23-16-22-10-8-6-7-9-11-25(22)33(28(23)36)17-26(34)32-18-29(4,5)19-32/h6-8,10,12-13,16H,1,9,11,14-15,17-19H2,2-5H3,(H,31,35). The van der Waals surface area contributed by atoms with E-state index in [0.717, 1.165) is 33.3 Å². The minimum absolute atomic E-state index is 0.0539. The first-order valence-electron chi connectivity index (χ1n) is 12.3. The maximum atomic E-state index is 13.5. The number of carbonyl (C=O) groups excluding carboxylic acids is 2. The molecule has 192 valence electrons. The highest BCUT2D eigenvalue weighted by Crippen LogP contribution is 2.29. The van der Waals surface area contributed by atoms with E-state index in [4.69, 9.17) is 0 Å². The summed E-state index contributed by atoms with van der Waals surface area (Å²) in [7, 11) is 0. The van der Waals surface area contributed by atoms with Crippen LogP contribution in [0.25, 0.3) is 6.08 Å². The monoisotopic (exact) mass is 553 g/mol. The lowest BCUT2D eigenvalue weighted by Crippen LogP contribution is -2.56. The van der Waals surface area contributed by atoms with Gasteiger partial charge in [-0.2, -0.15) is 0 Å². The van der Waals surface area contributed by atoms with Gasteiger partial charge in [0.1, 0.15) is 12.1 Å². The Bertz CT molecular complexity index is 1220. The first-order chi connectivity index (χ1) is 17.0. The number of amides is 2. The molecular weight excluding hydrogens is 518 g/mol. The van der Waals surface area contributed by atoms with Gasteiger partial charge in [0.05, 0.1) is 0 Å². The second-order valence-corrected chi connectivity index (χ2v) is 11.3. The molecule has 1 saturated heterocycles.